The summed E-state index contributed by atoms with van der Waals surface area (Å²) in [6.07, 6.45) is 0. The van der Waals surface area contributed by atoms with Gasteiger partial charge >= 0.3 is 0 Å². The summed E-state index contributed by atoms with van der Waals surface area (Å²) in [5.74, 6) is 0.605. The summed E-state index contributed by atoms with van der Waals surface area (Å²) >= 11 is 17.8. The van der Waals surface area contributed by atoms with E-state index in [1.165, 1.54) is 0 Å². The first kappa shape index (κ1) is 14.0. The molecule has 0 aliphatic rings. The molecule has 2 aromatic carbocycles. The van der Waals surface area contributed by atoms with E-state index in [0.717, 1.165) is 0 Å². The van der Waals surface area contributed by atoms with Crippen molar-refractivity contribution >= 4 is 40.6 Å². The molecular weight excluding hydrogens is 307 g/mol. The summed E-state index contributed by atoms with van der Waals surface area (Å²) in [7, 11) is 0. The van der Waals surface area contributed by atoms with E-state index in [0.29, 0.717) is 32.1 Å². The summed E-state index contributed by atoms with van der Waals surface area (Å²) in [5, 5.41) is 8.87. The SMILES string of the molecule is N=C(N)c1ccc(Cl)cc1Oc1cc(Cl)ccc1Cl. The minimum atomic E-state index is -0.121. The molecule has 98 valence electrons. The molecule has 0 spiro atoms. The first-order chi connectivity index (χ1) is 8.97. The van der Waals surface area contributed by atoms with Gasteiger partial charge in [-0.15, -0.1) is 0 Å². The Kier molecular flexibility index (Phi) is 4.20. The molecule has 0 saturated carbocycles. The van der Waals surface area contributed by atoms with Crippen molar-refractivity contribution < 1.29 is 4.74 Å². The number of benzene rings is 2. The highest BCUT2D eigenvalue weighted by atomic mass is 35.5. The van der Waals surface area contributed by atoms with Gasteiger partial charge in [0.05, 0.1) is 10.6 Å². The van der Waals surface area contributed by atoms with Crippen molar-refractivity contribution in [2.75, 3.05) is 0 Å². The minimum absolute atomic E-state index is 0.121. The predicted molar refractivity (Wildman–Crippen MR) is 79.0 cm³/mol. The molecule has 0 atom stereocenters. The molecule has 0 fully saturated rings. The van der Waals surface area contributed by atoms with Crippen LogP contribution in [-0.4, -0.2) is 5.84 Å². The van der Waals surface area contributed by atoms with E-state index in [2.05, 4.69) is 0 Å². The Labute approximate surface area is 125 Å². The molecule has 2 rings (SSSR count). The van der Waals surface area contributed by atoms with Crippen LogP contribution in [0, 0.1) is 5.41 Å². The van der Waals surface area contributed by atoms with Crippen molar-refractivity contribution in [3.63, 3.8) is 0 Å². The van der Waals surface area contributed by atoms with Crippen LogP contribution in [0.25, 0.3) is 0 Å². The van der Waals surface area contributed by atoms with Crippen molar-refractivity contribution in [1.82, 2.24) is 0 Å². The molecule has 0 saturated heterocycles. The normalized spacial score (nSPS) is 10.3. The maximum absolute atomic E-state index is 7.50. The van der Waals surface area contributed by atoms with Gasteiger partial charge in [-0.05, 0) is 24.3 Å². The second-order valence-electron chi connectivity index (χ2n) is 3.73. The van der Waals surface area contributed by atoms with E-state index in [4.69, 9.17) is 50.7 Å². The summed E-state index contributed by atoms with van der Waals surface area (Å²) < 4.78 is 5.64. The van der Waals surface area contributed by atoms with Gasteiger partial charge in [0.1, 0.15) is 17.3 Å². The zero-order valence-corrected chi connectivity index (χ0v) is 11.9. The lowest BCUT2D eigenvalue weighted by Gasteiger charge is -2.12. The maximum Gasteiger partial charge on any atom is 0.147 e. The number of hydrogen-bond donors (Lipinski definition) is 2. The highest BCUT2D eigenvalue weighted by molar-refractivity contribution is 6.34. The van der Waals surface area contributed by atoms with Crippen molar-refractivity contribution in [3.8, 4) is 11.5 Å². The number of nitrogens with one attached hydrogen (secondary N) is 1. The molecule has 0 aliphatic carbocycles. The summed E-state index contributed by atoms with van der Waals surface area (Å²) in [6, 6.07) is 9.66. The molecule has 2 aromatic rings. The molecule has 3 N–H and O–H groups in total. The minimum Gasteiger partial charge on any atom is -0.455 e. The Morgan fingerprint density at radius 2 is 1.53 bits per heavy atom. The number of ether oxygens (including phenoxy) is 1. The van der Waals surface area contributed by atoms with Crippen LogP contribution < -0.4 is 10.5 Å². The average molecular weight is 316 g/mol. The van der Waals surface area contributed by atoms with Crippen molar-refractivity contribution in [3.05, 3.63) is 57.0 Å². The van der Waals surface area contributed by atoms with Crippen LogP contribution in [0.2, 0.25) is 15.1 Å². The van der Waals surface area contributed by atoms with Crippen molar-refractivity contribution in [1.29, 1.82) is 5.41 Å². The largest absolute Gasteiger partial charge is 0.455 e. The van der Waals surface area contributed by atoms with E-state index in [9.17, 15) is 0 Å². The highest BCUT2D eigenvalue weighted by Crippen LogP contribution is 2.34. The average Bonchev–Trinajstić information content (AvgIpc) is 2.33. The molecule has 0 heterocycles. The second-order valence-corrected chi connectivity index (χ2v) is 5.01. The Morgan fingerprint density at radius 3 is 2.16 bits per heavy atom. The third kappa shape index (κ3) is 3.32. The van der Waals surface area contributed by atoms with E-state index in [1.54, 1.807) is 36.4 Å². The van der Waals surface area contributed by atoms with Gasteiger partial charge in [-0.2, -0.15) is 0 Å². The summed E-state index contributed by atoms with van der Waals surface area (Å²) in [6.45, 7) is 0. The van der Waals surface area contributed by atoms with Crippen LogP contribution in [0.15, 0.2) is 36.4 Å². The Bertz CT molecular complexity index is 644. The zero-order chi connectivity index (χ0) is 14.0. The molecule has 0 bridgehead atoms. The van der Waals surface area contributed by atoms with Gasteiger partial charge in [0, 0.05) is 22.2 Å². The van der Waals surface area contributed by atoms with Gasteiger partial charge in [-0.1, -0.05) is 34.8 Å². The lowest BCUT2D eigenvalue weighted by Crippen LogP contribution is -2.12. The molecular formula is C13H9Cl3N2O. The quantitative estimate of drug-likeness (QED) is 0.636. The molecule has 19 heavy (non-hydrogen) atoms. The maximum atomic E-state index is 7.50. The van der Waals surface area contributed by atoms with E-state index in [-0.39, 0.29) is 5.84 Å². The second kappa shape index (κ2) is 5.70. The summed E-state index contributed by atoms with van der Waals surface area (Å²) in [4.78, 5) is 0. The van der Waals surface area contributed by atoms with Crippen LogP contribution in [0.1, 0.15) is 5.56 Å². The standard InChI is InChI=1S/C13H9Cl3N2O/c14-7-1-3-9(13(17)18)11(5-7)19-12-6-8(15)2-4-10(12)16/h1-6H,(H3,17,18). The third-order valence-corrected chi connectivity index (χ3v) is 3.13. The highest BCUT2D eigenvalue weighted by Gasteiger charge is 2.11. The first-order valence-corrected chi connectivity index (χ1v) is 6.37. The number of nitrogens with two attached hydrogens (primary N) is 1. The summed E-state index contributed by atoms with van der Waals surface area (Å²) in [5.41, 5.74) is 5.92. The lowest BCUT2D eigenvalue weighted by molar-refractivity contribution is 0.482. The molecule has 6 heteroatoms. The zero-order valence-electron chi connectivity index (χ0n) is 9.58. The Balaban J connectivity index is 2.45. The topological polar surface area (TPSA) is 59.1 Å². The van der Waals surface area contributed by atoms with Gasteiger partial charge < -0.3 is 10.5 Å². The molecule has 3 nitrogen and oxygen atoms in total. The third-order valence-electron chi connectivity index (χ3n) is 2.35. The van der Waals surface area contributed by atoms with Crippen LogP contribution >= 0.6 is 34.8 Å². The van der Waals surface area contributed by atoms with Gasteiger partial charge in [0.2, 0.25) is 0 Å². The van der Waals surface area contributed by atoms with E-state index >= 15 is 0 Å². The fraction of sp³-hybridized carbons (Fsp3) is 0. The van der Waals surface area contributed by atoms with Crippen molar-refractivity contribution in [2.45, 2.75) is 0 Å². The lowest BCUT2D eigenvalue weighted by atomic mass is 10.2. The predicted octanol–water partition coefficient (Wildman–Crippen LogP) is 4.72. The fourth-order valence-corrected chi connectivity index (χ4v) is 1.96. The number of rotatable bonds is 3. The molecule has 0 aliphatic heterocycles. The Hall–Kier alpha value is -1.42. The van der Waals surface area contributed by atoms with Gasteiger partial charge in [-0.3, -0.25) is 5.41 Å². The van der Waals surface area contributed by atoms with E-state index in [1.807, 2.05) is 0 Å². The number of hydrogen-bond acceptors (Lipinski definition) is 2. The molecule has 0 aromatic heterocycles. The molecule has 0 radical (unpaired) electrons. The number of amidine groups is 1. The molecule has 0 unspecified atom stereocenters. The number of halogens is 3. The first-order valence-electron chi connectivity index (χ1n) is 5.24. The van der Waals surface area contributed by atoms with Gasteiger partial charge in [-0.25, -0.2) is 0 Å². The van der Waals surface area contributed by atoms with E-state index < -0.39 is 0 Å². The van der Waals surface area contributed by atoms with Gasteiger partial charge in [0.15, 0.2) is 0 Å². The monoisotopic (exact) mass is 314 g/mol. The van der Waals surface area contributed by atoms with Crippen LogP contribution in [-0.2, 0) is 0 Å². The Morgan fingerprint density at radius 1 is 0.947 bits per heavy atom. The smallest absolute Gasteiger partial charge is 0.147 e. The van der Waals surface area contributed by atoms with Crippen molar-refractivity contribution in [2.24, 2.45) is 5.73 Å². The van der Waals surface area contributed by atoms with Gasteiger partial charge in [0.25, 0.3) is 0 Å². The van der Waals surface area contributed by atoms with Crippen LogP contribution in [0.3, 0.4) is 0 Å². The molecule has 0 amide bonds. The fourth-order valence-electron chi connectivity index (χ4n) is 1.48. The van der Waals surface area contributed by atoms with Crippen LogP contribution in [0.4, 0.5) is 0 Å². The number of nitrogen functional groups attached to an aromatic ring is 1. The van der Waals surface area contributed by atoms with Crippen LogP contribution in [0.5, 0.6) is 11.5 Å².